The van der Waals surface area contributed by atoms with Crippen LogP contribution in [0, 0.1) is 17.7 Å². The average Bonchev–Trinajstić information content (AvgIpc) is 3.74. The molecule has 1 aromatic rings. The van der Waals surface area contributed by atoms with E-state index in [0.717, 1.165) is 75.7 Å². The summed E-state index contributed by atoms with van der Waals surface area (Å²) in [6.07, 6.45) is -7.95. The number of rotatable bonds is 14. The van der Waals surface area contributed by atoms with Gasteiger partial charge < -0.3 is 50.5 Å². The number of hydrogen-bond donors (Lipinski definition) is 7. The molecule has 324 valence electrons. The first-order valence-electron chi connectivity index (χ1n) is 24.5. The third kappa shape index (κ3) is 23.4. The van der Waals surface area contributed by atoms with Crippen LogP contribution in [0.15, 0.2) is 24.3 Å². The maximum Gasteiger partial charge on any atom is 0.328 e. The van der Waals surface area contributed by atoms with Crippen molar-refractivity contribution in [3.05, 3.63) is 24.3 Å². The molecule has 5 rings (SSSR count). The second kappa shape index (κ2) is 27.9. The zero-order valence-corrected chi connectivity index (χ0v) is 33.7. The number of aliphatic carboxylic acids is 4. The van der Waals surface area contributed by atoms with Crippen LogP contribution in [-0.2, 0) is 23.9 Å². The number of morpholine rings is 1. The molecule has 2 saturated heterocycles. The summed E-state index contributed by atoms with van der Waals surface area (Å²) in [7, 11) is 0. The van der Waals surface area contributed by atoms with E-state index in [2.05, 4.69) is 45.1 Å². The topological polar surface area (TPSA) is 241 Å². The van der Waals surface area contributed by atoms with Crippen molar-refractivity contribution in [1.29, 1.82) is 0 Å². The molecule has 2 unspecified atom stereocenters. The molecule has 7 N–H and O–H groups in total. The quantitative estimate of drug-likeness (QED) is 0.119. The van der Waals surface area contributed by atoms with Crippen molar-refractivity contribution in [3.63, 3.8) is 0 Å². The molecule has 4 aliphatic rings. The van der Waals surface area contributed by atoms with E-state index in [-0.39, 0.29) is 30.5 Å². The van der Waals surface area contributed by atoms with Crippen LogP contribution in [0.2, 0.25) is 0 Å². The van der Waals surface area contributed by atoms with Gasteiger partial charge in [-0.05, 0) is 64.3 Å². The van der Waals surface area contributed by atoms with Crippen LogP contribution in [0.4, 0.5) is 5.82 Å². The number of β-amino-alcohol motifs (C(OH)–C–C–N with tert-alkyl or cyclic N) is 1. The van der Waals surface area contributed by atoms with Gasteiger partial charge in [0.1, 0.15) is 12.7 Å². The van der Waals surface area contributed by atoms with Gasteiger partial charge in [-0.25, -0.2) is 19.2 Å². The van der Waals surface area contributed by atoms with Crippen LogP contribution in [0.5, 0.6) is 5.88 Å². The summed E-state index contributed by atoms with van der Waals surface area (Å²) in [5, 5.41) is 47.8. The fraction of sp³-hybridized carbons (Fsp3) is 0.750. The van der Waals surface area contributed by atoms with Gasteiger partial charge in [0.05, 0.1) is 24.9 Å². The fourth-order valence-corrected chi connectivity index (χ4v) is 6.66. The number of aliphatic hydroxyl groups is 1. The summed E-state index contributed by atoms with van der Waals surface area (Å²) < 4.78 is 113. The fourth-order valence-electron chi connectivity index (χ4n) is 6.14. The van der Waals surface area contributed by atoms with Gasteiger partial charge in [-0.15, -0.1) is 4.37 Å². The molecule has 3 heterocycles. The van der Waals surface area contributed by atoms with Crippen LogP contribution < -0.4 is 20.3 Å². The molecule has 0 radical (unpaired) electrons. The summed E-state index contributed by atoms with van der Waals surface area (Å²) in [5.41, 5.74) is -0.0257. The van der Waals surface area contributed by atoms with Gasteiger partial charge in [0, 0.05) is 70.6 Å². The molecule has 0 amide bonds. The Balaban J connectivity index is 0.000000366. The summed E-state index contributed by atoms with van der Waals surface area (Å²) in [5.74, 6) is -7.74. The SMILES string of the molecule is CC(C)(C)NC[C@@H](O)COc1nsnc1N1CCOCC1.O=C(O)/C=C\C(=O)O.O=C(O)/C=C\C(=O)O.[2H]C1([2H])C([2H])([2H])C([2H])([2H])C([2H])(C(CC2CCCCN2)C2CCCCC2)C([2H])([2H])C1([2H])[2H]. The predicted octanol–water partition coefficient (Wildman–Crippen LogP) is 5.22. The minimum atomic E-state index is -3.45. The number of nitrogens with one attached hydrogen (secondary N) is 2. The molecular weight excluding hydrogens is 759 g/mol. The lowest BCUT2D eigenvalue weighted by molar-refractivity contribution is -0.134. The van der Waals surface area contributed by atoms with Crippen molar-refractivity contribution in [3.8, 4) is 5.88 Å². The molecule has 0 spiro atoms. The van der Waals surface area contributed by atoms with Crippen molar-refractivity contribution >= 4 is 41.4 Å². The zero-order chi connectivity index (χ0) is 51.9. The minimum absolute atomic E-state index is 0.0257. The molecular formula is C40H67N5O11S. The van der Waals surface area contributed by atoms with Gasteiger partial charge in [0.25, 0.3) is 5.88 Å². The van der Waals surface area contributed by atoms with Crippen LogP contribution in [-0.4, -0.2) is 122 Å². The molecule has 16 nitrogen and oxygen atoms in total. The Labute approximate surface area is 356 Å². The number of carbonyl (C=O) groups is 4. The van der Waals surface area contributed by atoms with E-state index in [1.165, 1.54) is 0 Å². The minimum Gasteiger partial charge on any atom is -0.478 e. The molecule has 57 heavy (non-hydrogen) atoms. The summed E-state index contributed by atoms with van der Waals surface area (Å²) in [4.78, 5) is 40.3. The van der Waals surface area contributed by atoms with Crippen LogP contribution in [0.3, 0.4) is 0 Å². The molecule has 3 atom stereocenters. The van der Waals surface area contributed by atoms with Gasteiger partial charge >= 0.3 is 23.9 Å². The molecule has 0 bridgehead atoms. The summed E-state index contributed by atoms with van der Waals surface area (Å²) in [6, 6.07) is -0.0649. The normalized spacial score (nSPS) is 28.3. The Morgan fingerprint density at radius 1 is 0.912 bits per heavy atom. The lowest BCUT2D eigenvalue weighted by atomic mass is 9.67. The Bertz CT molecular complexity index is 1760. The largest absolute Gasteiger partial charge is 0.478 e. The van der Waals surface area contributed by atoms with Crippen molar-refractivity contribution < 1.29 is 69.3 Å². The highest BCUT2D eigenvalue weighted by molar-refractivity contribution is 6.99. The average molecular weight is 837 g/mol. The number of carboxylic acids is 4. The van der Waals surface area contributed by atoms with E-state index in [1.807, 2.05) is 0 Å². The van der Waals surface area contributed by atoms with Crippen molar-refractivity contribution in [2.24, 2.45) is 17.7 Å². The second-order valence-corrected chi connectivity index (χ2v) is 15.1. The smallest absolute Gasteiger partial charge is 0.328 e. The van der Waals surface area contributed by atoms with Gasteiger partial charge in [0.2, 0.25) is 5.82 Å². The van der Waals surface area contributed by atoms with Gasteiger partial charge in [-0.1, -0.05) is 70.4 Å². The maximum atomic E-state index is 9.95. The molecule has 17 heteroatoms. The van der Waals surface area contributed by atoms with E-state index < -0.39 is 73.7 Å². The van der Waals surface area contributed by atoms with Crippen molar-refractivity contribution in [2.45, 2.75) is 128 Å². The summed E-state index contributed by atoms with van der Waals surface area (Å²) >= 11 is 1.12. The number of aliphatic hydroxyl groups excluding tert-OH is 1. The number of nitrogens with zero attached hydrogens (tertiary/aromatic N) is 3. The molecule has 0 aromatic carbocycles. The van der Waals surface area contributed by atoms with E-state index in [4.69, 9.17) is 43.6 Å². The molecule has 1 aromatic heterocycles. The van der Waals surface area contributed by atoms with E-state index in [1.54, 1.807) is 0 Å². The van der Waals surface area contributed by atoms with Gasteiger partial charge in [-0.2, -0.15) is 4.37 Å². The first kappa shape index (κ1) is 34.2. The molecule has 2 aliphatic heterocycles. The van der Waals surface area contributed by atoms with E-state index in [9.17, 15) is 25.7 Å². The Morgan fingerprint density at radius 3 is 1.98 bits per heavy atom. The standard InChI is InChI=1S/C19H35N.C13H24N4O3S.2C4H4O4/c1-3-9-16(10-4-1)19(17-11-5-2-6-12-17)15-18-13-7-8-14-20-18;1-13(2,3)14-8-10(18)9-20-12-11(15-21-16-12)17-4-6-19-7-5-17;2*5-3(6)1-2-4(7)8/h16-20H,1-15H2;10,14,18H,4-9H2,1-3H3;2*1-2H,(H,5,6)(H,7,8)/b;;2*2-1-/t;10-;;/m.1../s1/i1D2,3D2,4D2,9D2,10D2,16D;;;. The number of aromatic nitrogens is 2. The van der Waals surface area contributed by atoms with Crippen LogP contribution >= 0.6 is 11.7 Å². The lowest BCUT2D eigenvalue weighted by Gasteiger charge is -2.40. The number of hydrogen-bond acceptors (Lipinski definition) is 13. The van der Waals surface area contributed by atoms with Crippen LogP contribution in [0.25, 0.3) is 0 Å². The first-order chi connectivity index (χ1) is 31.3. The first-order valence-corrected chi connectivity index (χ1v) is 19.7. The second-order valence-electron chi connectivity index (χ2n) is 14.5. The third-order valence-electron chi connectivity index (χ3n) is 8.83. The van der Waals surface area contributed by atoms with E-state index in [0.29, 0.717) is 62.8 Å². The summed E-state index contributed by atoms with van der Waals surface area (Å²) in [6.45, 7) is 10.6. The highest BCUT2D eigenvalue weighted by Crippen LogP contribution is 2.42. The molecule has 2 aliphatic carbocycles. The third-order valence-corrected chi connectivity index (χ3v) is 9.33. The Kier molecular flexibility index (Phi) is 16.8. The monoisotopic (exact) mass is 837 g/mol. The van der Waals surface area contributed by atoms with E-state index >= 15 is 0 Å². The maximum absolute atomic E-state index is 9.95. The molecule has 4 fully saturated rings. The predicted molar refractivity (Wildman–Crippen MR) is 218 cm³/mol. The highest BCUT2D eigenvalue weighted by atomic mass is 32.1. The van der Waals surface area contributed by atoms with Gasteiger partial charge in [-0.3, -0.25) is 0 Å². The van der Waals surface area contributed by atoms with Crippen molar-refractivity contribution in [2.75, 3.05) is 50.9 Å². The number of piperidine rings is 1. The number of carboxylic acid groups (broad SMARTS) is 4. The van der Waals surface area contributed by atoms with Crippen LogP contribution in [0.1, 0.15) is 126 Å². The zero-order valence-electron chi connectivity index (χ0n) is 43.9. The Morgan fingerprint density at radius 2 is 1.47 bits per heavy atom. The van der Waals surface area contributed by atoms with Crippen molar-refractivity contribution in [1.82, 2.24) is 19.4 Å². The molecule has 2 saturated carbocycles. The highest BCUT2D eigenvalue weighted by Gasteiger charge is 2.33. The Hall–Kier alpha value is -3.64. The lowest BCUT2D eigenvalue weighted by Crippen LogP contribution is -2.42. The van der Waals surface area contributed by atoms with Gasteiger partial charge in [0.15, 0.2) is 0 Å². The number of ether oxygens (including phenoxy) is 2. The number of anilines is 1.